The van der Waals surface area contributed by atoms with Crippen molar-refractivity contribution in [3.63, 3.8) is 0 Å². The molecule has 1 amide bonds. The van der Waals surface area contributed by atoms with Gasteiger partial charge in [-0.3, -0.25) is 9.59 Å². The standard InChI is InChI=1S/C30H40N2O5/c1-5-9-21-37-25-16-12-23(13-17-25)28(33)26-27(22-10-14-24(15-11-22)36-20-6-2)32(30(35)29(26)34)19-18-31(7-3)8-4/h10-17,27,33H,5-9,18-21H2,1-4H3. The number of benzene rings is 2. The van der Waals surface area contributed by atoms with Crippen molar-refractivity contribution in [3.8, 4) is 11.5 Å². The molecule has 0 radical (unpaired) electrons. The topological polar surface area (TPSA) is 79.3 Å². The monoisotopic (exact) mass is 508 g/mol. The number of hydrogen-bond acceptors (Lipinski definition) is 6. The number of amides is 1. The molecular weight excluding hydrogens is 468 g/mol. The van der Waals surface area contributed by atoms with Gasteiger partial charge in [-0.05, 0) is 67.9 Å². The third kappa shape index (κ3) is 6.92. The summed E-state index contributed by atoms with van der Waals surface area (Å²) in [6.45, 7) is 12.2. The normalized spacial score (nSPS) is 17.0. The summed E-state index contributed by atoms with van der Waals surface area (Å²) < 4.78 is 11.4. The summed E-state index contributed by atoms with van der Waals surface area (Å²) in [6, 6.07) is 13.7. The molecule has 1 saturated heterocycles. The van der Waals surface area contributed by atoms with Crippen LogP contribution in [-0.2, 0) is 9.59 Å². The largest absolute Gasteiger partial charge is 0.507 e. The van der Waals surface area contributed by atoms with E-state index < -0.39 is 17.7 Å². The van der Waals surface area contributed by atoms with Gasteiger partial charge in [-0.2, -0.15) is 0 Å². The Morgan fingerprint density at radius 2 is 1.46 bits per heavy atom. The number of aliphatic hydroxyl groups excluding tert-OH is 1. The van der Waals surface area contributed by atoms with E-state index in [1.165, 1.54) is 0 Å². The van der Waals surface area contributed by atoms with Crippen LogP contribution in [-0.4, -0.2) is 66.0 Å². The minimum Gasteiger partial charge on any atom is -0.507 e. The Kier molecular flexibility index (Phi) is 10.6. The summed E-state index contributed by atoms with van der Waals surface area (Å²) in [5, 5.41) is 11.3. The first-order valence-electron chi connectivity index (χ1n) is 13.4. The van der Waals surface area contributed by atoms with Gasteiger partial charge in [0.1, 0.15) is 17.3 Å². The van der Waals surface area contributed by atoms with Crippen molar-refractivity contribution in [2.45, 2.75) is 53.0 Å². The second kappa shape index (κ2) is 13.8. The van der Waals surface area contributed by atoms with E-state index in [2.05, 4.69) is 25.7 Å². The number of likely N-dealkylation sites (N-methyl/N-ethyl adjacent to an activating group) is 1. The molecule has 37 heavy (non-hydrogen) atoms. The van der Waals surface area contributed by atoms with E-state index in [1.807, 2.05) is 31.2 Å². The van der Waals surface area contributed by atoms with Gasteiger partial charge in [-0.25, -0.2) is 0 Å². The maximum Gasteiger partial charge on any atom is 0.295 e. The Labute approximate surface area is 220 Å². The lowest BCUT2D eigenvalue weighted by molar-refractivity contribution is -0.140. The second-order valence-electron chi connectivity index (χ2n) is 9.16. The number of ether oxygens (including phenoxy) is 2. The third-order valence-corrected chi connectivity index (χ3v) is 6.65. The Morgan fingerprint density at radius 1 is 0.865 bits per heavy atom. The second-order valence-corrected chi connectivity index (χ2v) is 9.16. The molecule has 0 aliphatic carbocycles. The van der Waals surface area contributed by atoms with Crippen LogP contribution in [0.15, 0.2) is 54.1 Å². The van der Waals surface area contributed by atoms with Gasteiger partial charge in [0, 0.05) is 18.7 Å². The van der Waals surface area contributed by atoms with Crippen molar-refractivity contribution in [3.05, 3.63) is 65.2 Å². The minimum absolute atomic E-state index is 0.103. The van der Waals surface area contributed by atoms with E-state index in [0.29, 0.717) is 37.6 Å². The molecule has 1 atom stereocenters. The lowest BCUT2D eigenvalue weighted by atomic mass is 9.95. The van der Waals surface area contributed by atoms with Gasteiger partial charge >= 0.3 is 0 Å². The molecule has 1 aliphatic rings. The predicted molar refractivity (Wildman–Crippen MR) is 146 cm³/mol. The number of Topliss-reactive ketones (excluding diaryl/α,β-unsaturated/α-hetero) is 1. The van der Waals surface area contributed by atoms with Crippen LogP contribution >= 0.6 is 0 Å². The van der Waals surface area contributed by atoms with Gasteiger partial charge in [-0.15, -0.1) is 0 Å². The lowest BCUT2D eigenvalue weighted by Crippen LogP contribution is -2.38. The van der Waals surface area contributed by atoms with E-state index in [9.17, 15) is 14.7 Å². The smallest absolute Gasteiger partial charge is 0.295 e. The highest BCUT2D eigenvalue weighted by Gasteiger charge is 2.46. The number of carbonyl (C=O) groups excluding carboxylic acids is 2. The number of carbonyl (C=O) groups is 2. The predicted octanol–water partition coefficient (Wildman–Crippen LogP) is 5.42. The zero-order valence-corrected chi connectivity index (χ0v) is 22.5. The van der Waals surface area contributed by atoms with E-state index in [0.717, 1.165) is 43.7 Å². The maximum absolute atomic E-state index is 13.3. The average Bonchev–Trinajstić information content (AvgIpc) is 3.18. The van der Waals surface area contributed by atoms with Crippen LogP contribution < -0.4 is 9.47 Å². The molecule has 200 valence electrons. The Bertz CT molecular complexity index is 1060. The van der Waals surface area contributed by atoms with E-state index in [4.69, 9.17) is 9.47 Å². The first-order valence-corrected chi connectivity index (χ1v) is 13.4. The zero-order chi connectivity index (χ0) is 26.8. The molecule has 1 aliphatic heterocycles. The fourth-order valence-corrected chi connectivity index (χ4v) is 4.41. The molecular formula is C30H40N2O5. The molecule has 0 aromatic heterocycles. The zero-order valence-electron chi connectivity index (χ0n) is 22.5. The molecule has 1 N–H and O–H groups in total. The molecule has 0 bridgehead atoms. The fourth-order valence-electron chi connectivity index (χ4n) is 4.41. The van der Waals surface area contributed by atoms with Crippen LogP contribution in [0.25, 0.3) is 5.76 Å². The number of aliphatic hydroxyl groups is 1. The van der Waals surface area contributed by atoms with Crippen molar-refractivity contribution in [1.82, 2.24) is 9.80 Å². The summed E-state index contributed by atoms with van der Waals surface area (Å²) in [7, 11) is 0. The number of ketones is 1. The van der Waals surface area contributed by atoms with Crippen molar-refractivity contribution in [2.75, 3.05) is 39.4 Å². The van der Waals surface area contributed by atoms with Gasteiger partial charge < -0.3 is 24.4 Å². The lowest BCUT2D eigenvalue weighted by Gasteiger charge is -2.28. The Hall–Kier alpha value is -3.32. The van der Waals surface area contributed by atoms with E-state index in [-0.39, 0.29) is 11.3 Å². The summed E-state index contributed by atoms with van der Waals surface area (Å²) >= 11 is 0. The fraction of sp³-hybridized carbons (Fsp3) is 0.467. The highest BCUT2D eigenvalue weighted by Crippen LogP contribution is 2.40. The van der Waals surface area contributed by atoms with Crippen molar-refractivity contribution < 1.29 is 24.2 Å². The van der Waals surface area contributed by atoms with Crippen LogP contribution in [0.1, 0.15) is 64.1 Å². The highest BCUT2D eigenvalue weighted by atomic mass is 16.5. The quantitative estimate of drug-likeness (QED) is 0.159. The number of hydrogen-bond donors (Lipinski definition) is 1. The summed E-state index contributed by atoms with van der Waals surface area (Å²) in [5.74, 6) is -0.0190. The Morgan fingerprint density at radius 3 is 2.03 bits per heavy atom. The number of nitrogens with zero attached hydrogens (tertiary/aromatic N) is 2. The molecule has 0 spiro atoms. The van der Waals surface area contributed by atoms with Crippen LogP contribution in [0.3, 0.4) is 0 Å². The first kappa shape index (κ1) is 28.3. The molecule has 2 aromatic rings. The molecule has 3 rings (SSSR count). The van der Waals surface area contributed by atoms with Gasteiger partial charge in [0.05, 0.1) is 24.8 Å². The van der Waals surface area contributed by atoms with Gasteiger partial charge in [-0.1, -0.05) is 46.2 Å². The summed E-state index contributed by atoms with van der Waals surface area (Å²) in [5.41, 5.74) is 1.33. The van der Waals surface area contributed by atoms with Crippen molar-refractivity contribution in [1.29, 1.82) is 0 Å². The summed E-state index contributed by atoms with van der Waals surface area (Å²) in [6.07, 6.45) is 2.90. The SMILES string of the molecule is CCCCOc1ccc(C(O)=C2C(=O)C(=O)N(CCN(CC)CC)C2c2ccc(OCCC)cc2)cc1. The van der Waals surface area contributed by atoms with Crippen LogP contribution in [0.4, 0.5) is 0 Å². The minimum atomic E-state index is -0.684. The third-order valence-electron chi connectivity index (χ3n) is 6.65. The van der Waals surface area contributed by atoms with Crippen LogP contribution in [0.5, 0.6) is 11.5 Å². The number of rotatable bonds is 14. The highest BCUT2D eigenvalue weighted by molar-refractivity contribution is 6.46. The maximum atomic E-state index is 13.3. The molecule has 0 saturated carbocycles. The molecule has 7 nitrogen and oxygen atoms in total. The number of likely N-dealkylation sites (tertiary alicyclic amines) is 1. The van der Waals surface area contributed by atoms with E-state index in [1.54, 1.807) is 29.2 Å². The van der Waals surface area contributed by atoms with E-state index >= 15 is 0 Å². The van der Waals surface area contributed by atoms with Gasteiger partial charge in [0.25, 0.3) is 11.7 Å². The van der Waals surface area contributed by atoms with Gasteiger partial charge in [0.15, 0.2) is 0 Å². The first-order chi connectivity index (χ1) is 17.9. The molecule has 1 unspecified atom stereocenters. The Balaban J connectivity index is 1.98. The average molecular weight is 509 g/mol. The van der Waals surface area contributed by atoms with Gasteiger partial charge in [0.2, 0.25) is 0 Å². The molecule has 1 fully saturated rings. The van der Waals surface area contributed by atoms with Crippen molar-refractivity contribution >= 4 is 17.4 Å². The number of unbranched alkanes of at least 4 members (excludes halogenated alkanes) is 1. The molecule has 2 aromatic carbocycles. The van der Waals surface area contributed by atoms with Crippen LogP contribution in [0, 0.1) is 0 Å². The summed E-state index contributed by atoms with van der Waals surface area (Å²) in [4.78, 5) is 30.3. The molecule has 1 heterocycles. The van der Waals surface area contributed by atoms with Crippen molar-refractivity contribution in [2.24, 2.45) is 0 Å². The molecule has 7 heteroatoms. The van der Waals surface area contributed by atoms with Crippen LogP contribution in [0.2, 0.25) is 0 Å².